The molecule has 1 aromatic carbocycles. The lowest BCUT2D eigenvalue weighted by atomic mass is 10.1. The summed E-state index contributed by atoms with van der Waals surface area (Å²) in [6.45, 7) is 1.88. The average Bonchev–Trinajstić information content (AvgIpc) is 3.08. The van der Waals surface area contributed by atoms with Crippen LogP contribution in [0.15, 0.2) is 48.8 Å². The van der Waals surface area contributed by atoms with Gasteiger partial charge in [-0.15, -0.1) is 5.10 Å². The number of non-ortho nitro benzene ring substituents is 1. The SMILES string of the molecule is CCOC(=O)c1nnn(-c2cccnc2)c1-c1ccc([N+](=O)[O-])cc1. The molecule has 0 bridgehead atoms. The number of esters is 1. The molecule has 3 rings (SSSR count). The number of benzene rings is 1. The molecular weight excluding hydrogens is 326 g/mol. The van der Waals surface area contributed by atoms with Crippen LogP contribution >= 0.6 is 0 Å². The lowest BCUT2D eigenvalue weighted by molar-refractivity contribution is -0.384. The quantitative estimate of drug-likeness (QED) is 0.398. The van der Waals surface area contributed by atoms with Crippen molar-refractivity contribution in [2.75, 3.05) is 6.61 Å². The lowest BCUT2D eigenvalue weighted by Gasteiger charge is -2.07. The van der Waals surface area contributed by atoms with Crippen LogP contribution in [-0.2, 0) is 4.74 Å². The van der Waals surface area contributed by atoms with E-state index in [0.717, 1.165) is 0 Å². The molecule has 2 aromatic heterocycles. The fraction of sp³-hybridized carbons (Fsp3) is 0.125. The standard InChI is InChI=1S/C16H13N5O4/c1-2-25-16(22)14-15(11-5-7-12(8-6-11)21(23)24)20(19-18-14)13-4-3-9-17-10-13/h3-10H,2H2,1H3. The molecule has 0 amide bonds. The van der Waals surface area contributed by atoms with E-state index >= 15 is 0 Å². The summed E-state index contributed by atoms with van der Waals surface area (Å²) < 4.78 is 6.47. The van der Waals surface area contributed by atoms with Gasteiger partial charge in [-0.25, -0.2) is 9.48 Å². The Bertz CT molecular complexity index is 906. The third kappa shape index (κ3) is 3.20. The number of pyridine rings is 1. The van der Waals surface area contributed by atoms with Gasteiger partial charge in [-0.2, -0.15) is 0 Å². The molecule has 0 N–H and O–H groups in total. The van der Waals surface area contributed by atoms with Gasteiger partial charge in [0.25, 0.3) is 5.69 Å². The fourth-order valence-electron chi connectivity index (χ4n) is 2.28. The Morgan fingerprint density at radius 2 is 2.04 bits per heavy atom. The molecule has 0 aliphatic carbocycles. The Morgan fingerprint density at radius 1 is 1.28 bits per heavy atom. The maximum atomic E-state index is 12.2. The second kappa shape index (κ2) is 6.87. The van der Waals surface area contributed by atoms with Gasteiger partial charge in [0.1, 0.15) is 5.69 Å². The van der Waals surface area contributed by atoms with Crippen molar-refractivity contribution >= 4 is 11.7 Å². The highest BCUT2D eigenvalue weighted by Gasteiger charge is 2.23. The minimum absolute atomic E-state index is 0.0274. The first-order valence-corrected chi connectivity index (χ1v) is 7.40. The zero-order chi connectivity index (χ0) is 17.8. The van der Waals surface area contributed by atoms with Crippen LogP contribution in [0.3, 0.4) is 0 Å². The number of rotatable bonds is 5. The number of nitro groups is 1. The molecule has 0 saturated carbocycles. The van der Waals surface area contributed by atoms with Gasteiger partial charge in [-0.1, -0.05) is 5.21 Å². The van der Waals surface area contributed by atoms with E-state index in [2.05, 4.69) is 15.3 Å². The van der Waals surface area contributed by atoms with Gasteiger partial charge in [0, 0.05) is 23.9 Å². The molecule has 0 atom stereocenters. The zero-order valence-corrected chi connectivity index (χ0v) is 13.2. The number of ether oxygens (including phenoxy) is 1. The second-order valence-corrected chi connectivity index (χ2v) is 4.93. The van der Waals surface area contributed by atoms with Crippen molar-refractivity contribution in [2.45, 2.75) is 6.92 Å². The highest BCUT2D eigenvalue weighted by Crippen LogP contribution is 2.27. The predicted octanol–water partition coefficient (Wildman–Crippen LogP) is 2.41. The molecule has 0 spiro atoms. The molecule has 0 aliphatic rings. The topological polar surface area (TPSA) is 113 Å². The monoisotopic (exact) mass is 339 g/mol. The molecule has 25 heavy (non-hydrogen) atoms. The van der Waals surface area contributed by atoms with Gasteiger partial charge in [0.15, 0.2) is 5.69 Å². The van der Waals surface area contributed by atoms with Crippen molar-refractivity contribution in [3.63, 3.8) is 0 Å². The number of carbonyl (C=O) groups is 1. The van der Waals surface area contributed by atoms with Crippen molar-refractivity contribution in [3.8, 4) is 16.9 Å². The molecule has 0 fully saturated rings. The van der Waals surface area contributed by atoms with Crippen LogP contribution in [-0.4, -0.2) is 37.5 Å². The van der Waals surface area contributed by atoms with Crippen molar-refractivity contribution in [1.82, 2.24) is 20.0 Å². The third-order valence-corrected chi connectivity index (χ3v) is 3.38. The molecule has 0 aliphatic heterocycles. The minimum atomic E-state index is -0.619. The van der Waals surface area contributed by atoms with Crippen LogP contribution in [0, 0.1) is 10.1 Å². The van der Waals surface area contributed by atoms with Crippen molar-refractivity contribution in [2.24, 2.45) is 0 Å². The summed E-state index contributed by atoms with van der Waals surface area (Å²) in [7, 11) is 0. The molecule has 9 heteroatoms. The van der Waals surface area contributed by atoms with Crippen LogP contribution in [0.1, 0.15) is 17.4 Å². The van der Waals surface area contributed by atoms with Crippen molar-refractivity contribution < 1.29 is 14.5 Å². The minimum Gasteiger partial charge on any atom is -0.461 e. The Labute approximate surface area is 142 Å². The fourth-order valence-corrected chi connectivity index (χ4v) is 2.28. The molecule has 3 aromatic rings. The molecule has 0 radical (unpaired) electrons. The number of hydrogen-bond acceptors (Lipinski definition) is 7. The van der Waals surface area contributed by atoms with Crippen LogP contribution in [0.25, 0.3) is 16.9 Å². The van der Waals surface area contributed by atoms with E-state index in [9.17, 15) is 14.9 Å². The van der Waals surface area contributed by atoms with Crippen LogP contribution in [0.4, 0.5) is 5.69 Å². The van der Waals surface area contributed by atoms with Crippen LogP contribution in [0.2, 0.25) is 0 Å². The largest absolute Gasteiger partial charge is 0.461 e. The van der Waals surface area contributed by atoms with Gasteiger partial charge >= 0.3 is 5.97 Å². The van der Waals surface area contributed by atoms with Crippen molar-refractivity contribution in [3.05, 3.63) is 64.6 Å². The first kappa shape index (κ1) is 16.2. The molecule has 0 unspecified atom stereocenters. The van der Waals surface area contributed by atoms with Crippen LogP contribution < -0.4 is 0 Å². The zero-order valence-electron chi connectivity index (χ0n) is 13.2. The molecule has 126 valence electrons. The number of carbonyl (C=O) groups excluding carboxylic acids is 1. The Morgan fingerprint density at radius 3 is 2.64 bits per heavy atom. The van der Waals surface area contributed by atoms with Crippen LogP contribution in [0.5, 0.6) is 0 Å². The number of nitro benzene ring substituents is 1. The summed E-state index contributed by atoms with van der Waals surface area (Å²) in [6.07, 6.45) is 3.18. The molecule has 9 nitrogen and oxygen atoms in total. The van der Waals surface area contributed by atoms with E-state index in [0.29, 0.717) is 16.9 Å². The molecule has 2 heterocycles. The maximum absolute atomic E-state index is 12.2. The van der Waals surface area contributed by atoms with Gasteiger partial charge in [0.2, 0.25) is 0 Å². The van der Waals surface area contributed by atoms with Gasteiger partial charge in [-0.05, 0) is 31.2 Å². The molecule has 0 saturated heterocycles. The number of aromatic nitrogens is 4. The Balaban J connectivity index is 2.15. The summed E-state index contributed by atoms with van der Waals surface area (Å²) >= 11 is 0. The van der Waals surface area contributed by atoms with Crippen molar-refractivity contribution in [1.29, 1.82) is 0 Å². The predicted molar refractivity (Wildman–Crippen MR) is 87.2 cm³/mol. The average molecular weight is 339 g/mol. The normalized spacial score (nSPS) is 10.4. The summed E-state index contributed by atoms with van der Waals surface area (Å²) in [5.74, 6) is -0.619. The Hall–Kier alpha value is -3.62. The maximum Gasteiger partial charge on any atom is 0.361 e. The van der Waals surface area contributed by atoms with Gasteiger partial charge in [-0.3, -0.25) is 15.1 Å². The molecular formula is C16H13N5O4. The van der Waals surface area contributed by atoms with E-state index in [1.165, 1.54) is 28.9 Å². The summed E-state index contributed by atoms with van der Waals surface area (Å²) in [4.78, 5) is 26.6. The van der Waals surface area contributed by atoms with Gasteiger partial charge in [0.05, 0.1) is 23.4 Å². The summed E-state index contributed by atoms with van der Waals surface area (Å²) in [5, 5.41) is 18.8. The highest BCUT2D eigenvalue weighted by atomic mass is 16.6. The summed E-state index contributed by atoms with van der Waals surface area (Å²) in [6, 6.07) is 9.25. The van der Waals surface area contributed by atoms with E-state index in [1.54, 1.807) is 31.5 Å². The van der Waals surface area contributed by atoms with E-state index in [4.69, 9.17) is 4.74 Å². The lowest BCUT2D eigenvalue weighted by Crippen LogP contribution is -2.08. The first-order chi connectivity index (χ1) is 12.1. The highest BCUT2D eigenvalue weighted by molar-refractivity contribution is 5.94. The Kier molecular flexibility index (Phi) is 4.46. The first-order valence-electron chi connectivity index (χ1n) is 7.40. The smallest absolute Gasteiger partial charge is 0.361 e. The van der Waals surface area contributed by atoms with E-state index in [1.807, 2.05) is 0 Å². The summed E-state index contributed by atoms with van der Waals surface area (Å²) in [5.41, 5.74) is 1.49. The van der Waals surface area contributed by atoms with E-state index < -0.39 is 10.9 Å². The number of hydrogen-bond donors (Lipinski definition) is 0. The van der Waals surface area contributed by atoms with E-state index in [-0.39, 0.29) is 18.0 Å². The third-order valence-electron chi connectivity index (χ3n) is 3.38. The van der Waals surface area contributed by atoms with Gasteiger partial charge < -0.3 is 4.74 Å². The number of nitrogens with zero attached hydrogens (tertiary/aromatic N) is 5. The second-order valence-electron chi connectivity index (χ2n) is 4.93.